The van der Waals surface area contributed by atoms with Gasteiger partial charge in [0.05, 0.1) is 12.6 Å². The number of rotatable bonds is 5. The van der Waals surface area contributed by atoms with Crippen LogP contribution in [0.5, 0.6) is 0 Å². The Bertz CT molecular complexity index is 411. The number of Topliss-reactive ketones (excluding diaryl/α,β-unsaturated/α-hetero) is 1. The molecule has 0 amide bonds. The molecule has 0 aromatic heterocycles. The number of carbonyl (C=O) groups is 1. The van der Waals surface area contributed by atoms with Crippen LogP contribution in [0.3, 0.4) is 0 Å². The van der Waals surface area contributed by atoms with Gasteiger partial charge in [-0.15, -0.1) is 0 Å². The van der Waals surface area contributed by atoms with Crippen LogP contribution < -0.4 is 0 Å². The van der Waals surface area contributed by atoms with Crippen LogP contribution >= 0.6 is 0 Å². The highest BCUT2D eigenvalue weighted by Gasteiger charge is 2.18. The third kappa shape index (κ3) is 3.65. The van der Waals surface area contributed by atoms with Gasteiger partial charge in [-0.2, -0.15) is 0 Å². The van der Waals surface area contributed by atoms with E-state index in [4.69, 9.17) is 4.74 Å². The monoisotopic (exact) mass is 247 g/mol. The molecule has 3 heteroatoms. The van der Waals surface area contributed by atoms with Crippen molar-refractivity contribution < 1.29 is 9.53 Å². The number of benzene rings is 1. The summed E-state index contributed by atoms with van der Waals surface area (Å²) in [5, 5.41) is 0. The van der Waals surface area contributed by atoms with Gasteiger partial charge in [-0.1, -0.05) is 23.8 Å². The molecule has 1 aromatic rings. The molecule has 2 rings (SSSR count). The first kappa shape index (κ1) is 13.2. The molecule has 3 nitrogen and oxygen atoms in total. The van der Waals surface area contributed by atoms with Crippen molar-refractivity contribution >= 4 is 5.78 Å². The molecule has 1 fully saturated rings. The Morgan fingerprint density at radius 3 is 3.00 bits per heavy atom. The second kappa shape index (κ2) is 6.12. The van der Waals surface area contributed by atoms with Gasteiger partial charge in [0.25, 0.3) is 0 Å². The molecule has 1 unspecified atom stereocenters. The standard InChI is InChI=1S/C15H21NO2/c1-12-5-3-6-13(9-12)15(17)11-16(2)10-14-7-4-8-18-14/h3,5-6,9,14H,4,7-8,10-11H2,1-2H3. The summed E-state index contributed by atoms with van der Waals surface area (Å²) in [5.74, 6) is 0.180. The number of hydrogen-bond acceptors (Lipinski definition) is 3. The summed E-state index contributed by atoms with van der Waals surface area (Å²) in [7, 11) is 1.98. The first-order valence-electron chi connectivity index (χ1n) is 6.55. The minimum atomic E-state index is 0.180. The topological polar surface area (TPSA) is 29.5 Å². The average Bonchev–Trinajstić information content (AvgIpc) is 2.81. The van der Waals surface area contributed by atoms with E-state index in [1.807, 2.05) is 38.2 Å². The number of aryl methyl sites for hydroxylation is 1. The zero-order valence-electron chi connectivity index (χ0n) is 11.2. The minimum Gasteiger partial charge on any atom is -0.377 e. The fourth-order valence-corrected chi connectivity index (χ4v) is 2.36. The van der Waals surface area contributed by atoms with E-state index >= 15 is 0 Å². The number of carbonyl (C=O) groups excluding carboxylic acids is 1. The number of likely N-dealkylation sites (N-methyl/N-ethyl adjacent to an activating group) is 1. The molecule has 18 heavy (non-hydrogen) atoms. The van der Waals surface area contributed by atoms with Gasteiger partial charge in [0.2, 0.25) is 0 Å². The van der Waals surface area contributed by atoms with Crippen LogP contribution in [0.2, 0.25) is 0 Å². The summed E-state index contributed by atoms with van der Waals surface area (Å²) in [6.45, 7) is 4.18. The number of nitrogens with zero attached hydrogens (tertiary/aromatic N) is 1. The molecular formula is C15H21NO2. The molecule has 0 radical (unpaired) electrons. The van der Waals surface area contributed by atoms with Gasteiger partial charge >= 0.3 is 0 Å². The molecule has 98 valence electrons. The predicted octanol–water partition coefficient (Wildman–Crippen LogP) is 2.29. The van der Waals surface area contributed by atoms with Crippen molar-refractivity contribution in [3.8, 4) is 0 Å². The van der Waals surface area contributed by atoms with Crippen LogP contribution in [-0.4, -0.2) is 43.5 Å². The molecule has 0 saturated carbocycles. The van der Waals surface area contributed by atoms with Crippen LogP contribution in [0, 0.1) is 6.92 Å². The second-order valence-electron chi connectivity index (χ2n) is 5.12. The SMILES string of the molecule is Cc1cccc(C(=O)CN(C)CC2CCCO2)c1. The van der Waals surface area contributed by atoms with E-state index < -0.39 is 0 Å². The van der Waals surface area contributed by atoms with Crippen LogP contribution in [0.4, 0.5) is 0 Å². The van der Waals surface area contributed by atoms with E-state index in [1.165, 1.54) is 0 Å². The number of ether oxygens (including phenoxy) is 1. The van der Waals surface area contributed by atoms with Crippen molar-refractivity contribution in [3.05, 3.63) is 35.4 Å². The molecule has 1 saturated heterocycles. The third-order valence-electron chi connectivity index (χ3n) is 3.29. The quantitative estimate of drug-likeness (QED) is 0.748. The molecule has 0 spiro atoms. The van der Waals surface area contributed by atoms with Crippen molar-refractivity contribution in [2.75, 3.05) is 26.7 Å². The lowest BCUT2D eigenvalue weighted by Gasteiger charge is -2.19. The summed E-state index contributed by atoms with van der Waals surface area (Å²) >= 11 is 0. The summed E-state index contributed by atoms with van der Waals surface area (Å²) in [6, 6.07) is 7.77. The minimum absolute atomic E-state index is 0.180. The highest BCUT2D eigenvalue weighted by molar-refractivity contribution is 5.97. The largest absolute Gasteiger partial charge is 0.377 e. The lowest BCUT2D eigenvalue weighted by atomic mass is 10.1. The van der Waals surface area contributed by atoms with E-state index in [0.717, 1.165) is 37.1 Å². The Labute approximate surface area is 109 Å². The van der Waals surface area contributed by atoms with Crippen LogP contribution in [0.15, 0.2) is 24.3 Å². The zero-order chi connectivity index (χ0) is 13.0. The molecular weight excluding hydrogens is 226 g/mol. The summed E-state index contributed by atoms with van der Waals surface area (Å²) in [6.07, 6.45) is 2.56. The van der Waals surface area contributed by atoms with Crippen molar-refractivity contribution in [2.45, 2.75) is 25.9 Å². The fraction of sp³-hybridized carbons (Fsp3) is 0.533. The number of ketones is 1. The first-order chi connectivity index (χ1) is 8.65. The smallest absolute Gasteiger partial charge is 0.176 e. The summed E-state index contributed by atoms with van der Waals surface area (Å²) in [5.41, 5.74) is 1.93. The van der Waals surface area contributed by atoms with Gasteiger partial charge in [0.15, 0.2) is 5.78 Å². The molecule has 1 atom stereocenters. The second-order valence-corrected chi connectivity index (χ2v) is 5.12. The number of hydrogen-bond donors (Lipinski definition) is 0. The Morgan fingerprint density at radius 2 is 2.33 bits per heavy atom. The van der Waals surface area contributed by atoms with Crippen LogP contribution in [0.1, 0.15) is 28.8 Å². The molecule has 0 bridgehead atoms. The van der Waals surface area contributed by atoms with Gasteiger partial charge in [-0.05, 0) is 32.9 Å². The molecule has 1 aliphatic rings. The Hall–Kier alpha value is -1.19. The van der Waals surface area contributed by atoms with E-state index in [9.17, 15) is 4.79 Å². The maximum absolute atomic E-state index is 12.1. The van der Waals surface area contributed by atoms with Gasteiger partial charge in [0.1, 0.15) is 0 Å². The van der Waals surface area contributed by atoms with Gasteiger partial charge in [-0.25, -0.2) is 0 Å². The third-order valence-corrected chi connectivity index (χ3v) is 3.29. The van der Waals surface area contributed by atoms with Crippen molar-refractivity contribution in [1.82, 2.24) is 4.90 Å². The van der Waals surface area contributed by atoms with Gasteiger partial charge in [-0.3, -0.25) is 9.69 Å². The van der Waals surface area contributed by atoms with Crippen molar-refractivity contribution in [3.63, 3.8) is 0 Å². The molecule has 1 heterocycles. The highest BCUT2D eigenvalue weighted by Crippen LogP contribution is 2.13. The maximum Gasteiger partial charge on any atom is 0.176 e. The lowest BCUT2D eigenvalue weighted by molar-refractivity contribution is 0.0740. The summed E-state index contributed by atoms with van der Waals surface area (Å²) < 4.78 is 5.58. The molecule has 0 N–H and O–H groups in total. The maximum atomic E-state index is 12.1. The molecule has 1 aromatic carbocycles. The van der Waals surface area contributed by atoms with Crippen molar-refractivity contribution in [1.29, 1.82) is 0 Å². The average molecular weight is 247 g/mol. The Balaban J connectivity index is 1.86. The first-order valence-corrected chi connectivity index (χ1v) is 6.55. The molecule has 0 aliphatic carbocycles. The van der Waals surface area contributed by atoms with E-state index in [1.54, 1.807) is 0 Å². The highest BCUT2D eigenvalue weighted by atomic mass is 16.5. The van der Waals surface area contributed by atoms with Crippen LogP contribution in [-0.2, 0) is 4.74 Å². The summed E-state index contributed by atoms with van der Waals surface area (Å²) in [4.78, 5) is 14.2. The van der Waals surface area contributed by atoms with E-state index in [-0.39, 0.29) is 5.78 Å². The van der Waals surface area contributed by atoms with Crippen molar-refractivity contribution in [2.24, 2.45) is 0 Å². The Morgan fingerprint density at radius 1 is 1.50 bits per heavy atom. The predicted molar refractivity (Wildman–Crippen MR) is 72.0 cm³/mol. The fourth-order valence-electron chi connectivity index (χ4n) is 2.36. The van der Waals surface area contributed by atoms with Gasteiger partial charge < -0.3 is 4.74 Å². The lowest BCUT2D eigenvalue weighted by Crippen LogP contribution is -2.33. The van der Waals surface area contributed by atoms with E-state index in [0.29, 0.717) is 12.6 Å². The normalized spacial score (nSPS) is 19.4. The van der Waals surface area contributed by atoms with Crippen LogP contribution in [0.25, 0.3) is 0 Å². The Kier molecular flexibility index (Phi) is 4.50. The van der Waals surface area contributed by atoms with Gasteiger partial charge in [0, 0.05) is 18.7 Å². The zero-order valence-corrected chi connectivity index (χ0v) is 11.2. The van der Waals surface area contributed by atoms with E-state index in [2.05, 4.69) is 4.90 Å². The molecule has 1 aliphatic heterocycles.